The van der Waals surface area contributed by atoms with E-state index in [1.54, 1.807) is 61.5 Å². The Morgan fingerprint density at radius 3 is 2.66 bits per heavy atom. The Morgan fingerprint density at radius 1 is 1.24 bits per heavy atom. The van der Waals surface area contributed by atoms with Gasteiger partial charge in [-0.25, -0.2) is 4.79 Å². The third-order valence-electron chi connectivity index (χ3n) is 4.78. The van der Waals surface area contributed by atoms with Gasteiger partial charge in [-0.3, -0.25) is 14.4 Å². The van der Waals surface area contributed by atoms with E-state index < -0.39 is 18.6 Å². The zero-order valence-corrected chi connectivity index (χ0v) is 17.2. The fourth-order valence-electron chi connectivity index (χ4n) is 3.07. The van der Waals surface area contributed by atoms with Crippen molar-refractivity contribution >= 4 is 40.6 Å². The number of amides is 2. The molecule has 8 heteroatoms. The number of anilines is 1. The van der Waals surface area contributed by atoms with E-state index in [4.69, 9.17) is 4.74 Å². The smallest absolute Gasteiger partial charge is 0.329 e. The summed E-state index contributed by atoms with van der Waals surface area (Å²) in [6.07, 6.45) is 0.247. The van der Waals surface area contributed by atoms with Crippen molar-refractivity contribution in [2.24, 2.45) is 5.92 Å². The molecule has 2 aromatic rings. The minimum atomic E-state index is -0.858. The number of likely N-dealkylation sites (N-methyl/N-ethyl adjacent to an activating group) is 1. The molecule has 1 aromatic heterocycles. The highest BCUT2D eigenvalue weighted by atomic mass is 32.1. The Balaban J connectivity index is 1.61. The number of carbonyl (C=O) groups excluding carboxylic acids is 4. The van der Waals surface area contributed by atoms with Gasteiger partial charge in [-0.2, -0.15) is 0 Å². The van der Waals surface area contributed by atoms with Gasteiger partial charge >= 0.3 is 5.97 Å². The summed E-state index contributed by atoms with van der Waals surface area (Å²) < 4.78 is 5.18. The van der Waals surface area contributed by atoms with E-state index in [0.29, 0.717) is 10.4 Å². The maximum absolute atomic E-state index is 12.5. The average Bonchev–Trinajstić information content (AvgIpc) is 3.32. The second-order valence-electron chi connectivity index (χ2n) is 7.18. The summed E-state index contributed by atoms with van der Waals surface area (Å²) in [6, 6.07) is 7.55. The Labute approximate surface area is 172 Å². The molecule has 0 bridgehead atoms. The van der Waals surface area contributed by atoms with Crippen molar-refractivity contribution in [2.45, 2.75) is 26.3 Å². The summed E-state index contributed by atoms with van der Waals surface area (Å²) in [6.45, 7) is 3.15. The molecule has 0 aliphatic carbocycles. The lowest BCUT2D eigenvalue weighted by Gasteiger charge is -2.20. The highest BCUT2D eigenvalue weighted by Crippen LogP contribution is 2.28. The number of Topliss-reactive ketones (excluding diaryl/α,β-unsaturated/α-hetero) is 1. The van der Waals surface area contributed by atoms with Gasteiger partial charge in [-0.15, -0.1) is 11.3 Å². The van der Waals surface area contributed by atoms with E-state index >= 15 is 0 Å². The molecule has 3 rings (SSSR count). The summed E-state index contributed by atoms with van der Waals surface area (Å²) in [7, 11) is 1.69. The predicted molar refractivity (Wildman–Crippen MR) is 109 cm³/mol. The first-order valence-electron chi connectivity index (χ1n) is 9.21. The molecule has 2 amide bonds. The van der Waals surface area contributed by atoms with Gasteiger partial charge in [-0.05, 0) is 41.1 Å². The third kappa shape index (κ3) is 4.54. The lowest BCUT2D eigenvalue weighted by atomic mass is 10.0. The third-order valence-corrected chi connectivity index (χ3v) is 5.64. The molecule has 0 radical (unpaired) electrons. The summed E-state index contributed by atoms with van der Waals surface area (Å²) in [5.41, 5.74) is 1.93. The van der Waals surface area contributed by atoms with Gasteiger partial charge in [0, 0.05) is 18.3 Å². The molecule has 7 nitrogen and oxygen atoms in total. The van der Waals surface area contributed by atoms with Crippen LogP contribution in [0.4, 0.5) is 5.69 Å². The number of nitrogens with zero attached hydrogens (tertiary/aromatic N) is 1. The number of benzene rings is 1. The lowest BCUT2D eigenvalue weighted by molar-refractivity contribution is -0.146. The van der Waals surface area contributed by atoms with Crippen LogP contribution in [-0.4, -0.2) is 43.3 Å². The molecule has 0 fully saturated rings. The number of nitrogens with one attached hydrogen (secondary N) is 1. The van der Waals surface area contributed by atoms with Gasteiger partial charge < -0.3 is 15.0 Å². The molecule has 1 aliphatic rings. The van der Waals surface area contributed by atoms with Gasteiger partial charge in [0.25, 0.3) is 5.91 Å². The number of rotatable bonds is 7. The van der Waals surface area contributed by atoms with Crippen LogP contribution >= 0.6 is 11.3 Å². The molecule has 1 aromatic carbocycles. The molecule has 0 unspecified atom stereocenters. The van der Waals surface area contributed by atoms with Crippen LogP contribution in [0, 0.1) is 5.92 Å². The Hall–Kier alpha value is -3.00. The van der Waals surface area contributed by atoms with Crippen molar-refractivity contribution in [2.75, 3.05) is 18.6 Å². The van der Waals surface area contributed by atoms with Crippen LogP contribution in [0.25, 0.3) is 0 Å². The van der Waals surface area contributed by atoms with Crippen LogP contribution in [0.5, 0.6) is 0 Å². The molecular formula is C21H22N2O5S. The fraction of sp³-hybridized carbons (Fsp3) is 0.333. The highest BCUT2D eigenvalue weighted by Gasteiger charge is 2.28. The largest absolute Gasteiger partial charge is 0.456 e. The SMILES string of the molecule is CC(C)[C@@H](NC(=O)c1cccs1)C(=O)OCC(=O)c1ccc2c(c1)CC(=O)N2C. The topological polar surface area (TPSA) is 92.8 Å². The van der Waals surface area contributed by atoms with Crippen molar-refractivity contribution in [3.05, 3.63) is 51.7 Å². The molecule has 1 atom stereocenters. The lowest BCUT2D eigenvalue weighted by Crippen LogP contribution is -2.45. The minimum Gasteiger partial charge on any atom is -0.456 e. The zero-order valence-electron chi connectivity index (χ0n) is 16.4. The van der Waals surface area contributed by atoms with Gasteiger partial charge in [0.2, 0.25) is 5.91 Å². The molecule has 29 heavy (non-hydrogen) atoms. The van der Waals surface area contributed by atoms with Crippen LogP contribution in [0.15, 0.2) is 35.7 Å². The standard InChI is InChI=1S/C21H22N2O5S/c1-12(2)19(22-20(26)17-5-4-8-29-17)21(27)28-11-16(24)13-6-7-15-14(9-13)10-18(25)23(15)3/h4-9,12,19H,10-11H2,1-3H3,(H,22,26)/t19-/m1/s1. The van der Waals surface area contributed by atoms with Crippen molar-refractivity contribution < 1.29 is 23.9 Å². The number of hydrogen-bond donors (Lipinski definition) is 1. The Kier molecular flexibility index (Phi) is 6.12. The number of ether oxygens (including phenoxy) is 1. The number of carbonyl (C=O) groups is 4. The second kappa shape index (κ2) is 8.57. The molecule has 152 valence electrons. The molecule has 0 saturated heterocycles. The van der Waals surface area contributed by atoms with Gasteiger partial charge in [0.1, 0.15) is 6.04 Å². The summed E-state index contributed by atoms with van der Waals surface area (Å²) in [5, 5.41) is 4.44. The van der Waals surface area contributed by atoms with Gasteiger partial charge in [-0.1, -0.05) is 19.9 Å². The van der Waals surface area contributed by atoms with E-state index in [1.165, 1.54) is 11.3 Å². The number of thiophene rings is 1. The van der Waals surface area contributed by atoms with Gasteiger partial charge in [0.15, 0.2) is 12.4 Å². The number of ketones is 1. The first kappa shape index (κ1) is 20.7. The first-order chi connectivity index (χ1) is 13.8. The summed E-state index contributed by atoms with van der Waals surface area (Å²) in [5.74, 6) is -1.61. The van der Waals surface area contributed by atoms with E-state index in [9.17, 15) is 19.2 Å². The van der Waals surface area contributed by atoms with Crippen LogP contribution in [0.2, 0.25) is 0 Å². The van der Waals surface area contributed by atoms with E-state index in [-0.39, 0.29) is 29.9 Å². The molecule has 2 heterocycles. The number of hydrogen-bond acceptors (Lipinski definition) is 6. The Morgan fingerprint density at radius 2 is 2.00 bits per heavy atom. The van der Waals surface area contributed by atoms with Crippen LogP contribution < -0.4 is 10.2 Å². The van der Waals surface area contributed by atoms with Crippen LogP contribution in [0.1, 0.15) is 39.4 Å². The van der Waals surface area contributed by atoms with Crippen LogP contribution in [-0.2, 0) is 20.7 Å². The van der Waals surface area contributed by atoms with Crippen molar-refractivity contribution in [3.8, 4) is 0 Å². The van der Waals surface area contributed by atoms with Crippen molar-refractivity contribution in [3.63, 3.8) is 0 Å². The quantitative estimate of drug-likeness (QED) is 0.555. The monoisotopic (exact) mass is 414 g/mol. The predicted octanol–water partition coefficient (Wildman–Crippen LogP) is 2.45. The average molecular weight is 414 g/mol. The van der Waals surface area contributed by atoms with Crippen molar-refractivity contribution in [1.29, 1.82) is 0 Å². The van der Waals surface area contributed by atoms with E-state index in [2.05, 4.69) is 5.32 Å². The van der Waals surface area contributed by atoms with Crippen LogP contribution in [0.3, 0.4) is 0 Å². The molecule has 0 saturated carbocycles. The van der Waals surface area contributed by atoms with Gasteiger partial charge in [0.05, 0.1) is 11.3 Å². The van der Waals surface area contributed by atoms with E-state index in [0.717, 1.165) is 11.3 Å². The Bertz CT molecular complexity index is 952. The normalized spacial score (nSPS) is 13.9. The minimum absolute atomic E-state index is 0.0303. The number of fused-ring (bicyclic) bond motifs is 1. The molecule has 0 spiro atoms. The first-order valence-corrected chi connectivity index (χ1v) is 10.1. The second-order valence-corrected chi connectivity index (χ2v) is 8.12. The zero-order chi connectivity index (χ0) is 21.1. The maximum Gasteiger partial charge on any atom is 0.329 e. The maximum atomic E-state index is 12.5. The summed E-state index contributed by atoms with van der Waals surface area (Å²) >= 11 is 1.28. The molecule has 1 aliphatic heterocycles. The molecular weight excluding hydrogens is 392 g/mol. The van der Waals surface area contributed by atoms with Crippen molar-refractivity contribution in [1.82, 2.24) is 5.32 Å². The number of esters is 1. The molecule has 1 N–H and O–H groups in total. The fourth-order valence-corrected chi connectivity index (χ4v) is 3.70. The summed E-state index contributed by atoms with van der Waals surface area (Å²) in [4.78, 5) is 51.0. The highest BCUT2D eigenvalue weighted by molar-refractivity contribution is 7.12. The van der Waals surface area contributed by atoms with E-state index in [1.807, 2.05) is 0 Å².